The van der Waals surface area contributed by atoms with Crippen LogP contribution < -0.4 is 4.90 Å². The molecule has 0 radical (unpaired) electrons. The van der Waals surface area contributed by atoms with Crippen LogP contribution in [0.15, 0.2) is 42.6 Å². The van der Waals surface area contributed by atoms with Crippen molar-refractivity contribution < 1.29 is 4.79 Å². The maximum atomic E-state index is 12.0. The molecular formula is C15H14BrN3O. The molecule has 0 saturated carbocycles. The number of hydrogen-bond acceptors (Lipinski definition) is 3. The molecular weight excluding hydrogens is 318 g/mol. The number of nitrogens with zero attached hydrogens (tertiary/aromatic N) is 3. The van der Waals surface area contributed by atoms with Gasteiger partial charge in [0.05, 0.1) is 5.69 Å². The van der Waals surface area contributed by atoms with E-state index in [-0.39, 0.29) is 5.91 Å². The molecule has 1 aromatic heterocycles. The first kappa shape index (κ1) is 13.2. The lowest BCUT2D eigenvalue weighted by atomic mass is 10.1. The lowest BCUT2D eigenvalue weighted by molar-refractivity contribution is -0.117. The van der Waals surface area contributed by atoms with Gasteiger partial charge in [0.15, 0.2) is 0 Å². The Hall–Kier alpha value is -1.75. The zero-order chi connectivity index (χ0) is 13.9. The van der Waals surface area contributed by atoms with Gasteiger partial charge in [-0.1, -0.05) is 46.3 Å². The van der Waals surface area contributed by atoms with Crippen LogP contribution in [0.4, 0.5) is 5.95 Å². The summed E-state index contributed by atoms with van der Waals surface area (Å²) in [7, 11) is 0. The van der Waals surface area contributed by atoms with Crippen molar-refractivity contribution in [1.29, 1.82) is 0 Å². The van der Waals surface area contributed by atoms with Gasteiger partial charge < -0.3 is 0 Å². The van der Waals surface area contributed by atoms with Gasteiger partial charge in [0, 0.05) is 30.1 Å². The van der Waals surface area contributed by atoms with Crippen molar-refractivity contribution in [3.05, 3.63) is 42.6 Å². The highest BCUT2D eigenvalue weighted by Crippen LogP contribution is 2.25. The number of anilines is 1. The molecule has 0 bridgehead atoms. The number of amides is 1. The van der Waals surface area contributed by atoms with E-state index in [4.69, 9.17) is 0 Å². The minimum atomic E-state index is 0.0969. The Balaban J connectivity index is 1.91. The second-order valence-corrected chi connectivity index (χ2v) is 5.48. The average Bonchev–Trinajstić information content (AvgIpc) is 2.89. The minimum Gasteiger partial charge on any atom is -0.280 e. The van der Waals surface area contributed by atoms with Gasteiger partial charge in [-0.05, 0) is 12.0 Å². The van der Waals surface area contributed by atoms with Crippen molar-refractivity contribution in [1.82, 2.24) is 9.97 Å². The van der Waals surface area contributed by atoms with Crippen molar-refractivity contribution in [3.63, 3.8) is 0 Å². The van der Waals surface area contributed by atoms with E-state index in [9.17, 15) is 4.79 Å². The van der Waals surface area contributed by atoms with Gasteiger partial charge in [0.1, 0.15) is 0 Å². The van der Waals surface area contributed by atoms with Crippen LogP contribution in [0, 0.1) is 5.92 Å². The molecule has 1 atom stereocenters. The molecule has 0 aliphatic carbocycles. The van der Waals surface area contributed by atoms with Crippen LogP contribution in [-0.2, 0) is 4.79 Å². The lowest BCUT2D eigenvalue weighted by Crippen LogP contribution is -2.26. The predicted octanol–water partition coefficient (Wildman–Crippen LogP) is 2.89. The van der Waals surface area contributed by atoms with Gasteiger partial charge in [-0.2, -0.15) is 0 Å². The molecule has 1 fully saturated rings. The van der Waals surface area contributed by atoms with E-state index in [0.29, 0.717) is 24.8 Å². The van der Waals surface area contributed by atoms with Gasteiger partial charge in [-0.3, -0.25) is 9.69 Å². The molecule has 1 aliphatic heterocycles. The summed E-state index contributed by atoms with van der Waals surface area (Å²) < 4.78 is 0. The fraction of sp³-hybridized carbons (Fsp3) is 0.267. The molecule has 2 heterocycles. The summed E-state index contributed by atoms with van der Waals surface area (Å²) in [5, 5.41) is 0.827. The largest absolute Gasteiger partial charge is 0.280 e. The van der Waals surface area contributed by atoms with Gasteiger partial charge in [-0.25, -0.2) is 9.97 Å². The molecule has 20 heavy (non-hydrogen) atoms. The quantitative estimate of drug-likeness (QED) is 0.812. The second kappa shape index (κ2) is 5.71. The molecule has 5 heteroatoms. The molecule has 2 aromatic rings. The maximum Gasteiger partial charge on any atom is 0.232 e. The predicted molar refractivity (Wildman–Crippen MR) is 81.7 cm³/mol. The number of carbonyl (C=O) groups is 1. The van der Waals surface area contributed by atoms with Crippen LogP contribution in [0.2, 0.25) is 0 Å². The number of hydrogen-bond donors (Lipinski definition) is 0. The number of halogens is 1. The molecule has 3 rings (SSSR count). The van der Waals surface area contributed by atoms with E-state index in [2.05, 4.69) is 25.9 Å². The standard InChI is InChI=1S/C15H14BrN3O/c16-9-11-8-14(20)19(10-11)15-17-7-6-13(18-15)12-4-2-1-3-5-12/h1-7,11H,8-10H2. The Morgan fingerprint density at radius 3 is 2.75 bits per heavy atom. The van der Waals surface area contributed by atoms with Crippen LogP contribution in [0.3, 0.4) is 0 Å². The zero-order valence-corrected chi connectivity index (χ0v) is 12.5. The molecule has 1 aliphatic rings. The van der Waals surface area contributed by atoms with Gasteiger partial charge in [-0.15, -0.1) is 0 Å². The number of carbonyl (C=O) groups excluding carboxylic acids is 1. The molecule has 1 amide bonds. The minimum absolute atomic E-state index is 0.0969. The lowest BCUT2D eigenvalue weighted by Gasteiger charge is -2.14. The highest BCUT2D eigenvalue weighted by molar-refractivity contribution is 9.09. The van der Waals surface area contributed by atoms with E-state index in [1.807, 2.05) is 36.4 Å². The zero-order valence-electron chi connectivity index (χ0n) is 10.9. The maximum absolute atomic E-state index is 12.0. The fourth-order valence-electron chi connectivity index (χ4n) is 2.33. The van der Waals surface area contributed by atoms with Crippen molar-refractivity contribution in [2.45, 2.75) is 6.42 Å². The Kier molecular flexibility index (Phi) is 3.78. The Labute approximate surface area is 126 Å². The third-order valence-electron chi connectivity index (χ3n) is 3.38. The third kappa shape index (κ3) is 2.58. The summed E-state index contributed by atoms with van der Waals surface area (Å²) in [4.78, 5) is 22.5. The van der Waals surface area contributed by atoms with Crippen molar-refractivity contribution >= 4 is 27.8 Å². The molecule has 0 N–H and O–H groups in total. The first-order valence-corrected chi connectivity index (χ1v) is 7.65. The van der Waals surface area contributed by atoms with E-state index in [1.54, 1.807) is 11.1 Å². The van der Waals surface area contributed by atoms with Crippen LogP contribution in [0.5, 0.6) is 0 Å². The van der Waals surface area contributed by atoms with Gasteiger partial charge in [0.25, 0.3) is 0 Å². The smallest absolute Gasteiger partial charge is 0.232 e. The van der Waals surface area contributed by atoms with Crippen LogP contribution in [0.1, 0.15) is 6.42 Å². The average molecular weight is 332 g/mol. The second-order valence-electron chi connectivity index (χ2n) is 4.84. The summed E-state index contributed by atoms with van der Waals surface area (Å²) in [6, 6.07) is 11.8. The topological polar surface area (TPSA) is 46.1 Å². The fourth-order valence-corrected chi connectivity index (χ4v) is 2.76. The summed E-state index contributed by atoms with van der Waals surface area (Å²) in [6.45, 7) is 0.683. The van der Waals surface area contributed by atoms with Gasteiger partial charge in [0.2, 0.25) is 11.9 Å². The van der Waals surface area contributed by atoms with E-state index < -0.39 is 0 Å². The summed E-state index contributed by atoms with van der Waals surface area (Å²) in [5.74, 6) is 0.936. The Bertz CT molecular complexity index is 618. The first-order chi connectivity index (χ1) is 9.78. The van der Waals surface area contributed by atoms with Crippen molar-refractivity contribution in [3.8, 4) is 11.3 Å². The molecule has 0 spiro atoms. The highest BCUT2D eigenvalue weighted by atomic mass is 79.9. The normalized spacial score (nSPS) is 18.6. The molecule has 102 valence electrons. The summed E-state index contributed by atoms with van der Waals surface area (Å²) in [5.41, 5.74) is 1.87. The van der Waals surface area contributed by atoms with Gasteiger partial charge >= 0.3 is 0 Å². The van der Waals surface area contributed by atoms with Crippen molar-refractivity contribution in [2.75, 3.05) is 16.8 Å². The van der Waals surface area contributed by atoms with E-state index in [1.165, 1.54) is 0 Å². The van der Waals surface area contributed by atoms with Crippen LogP contribution in [-0.4, -0.2) is 27.7 Å². The number of rotatable bonds is 3. The number of alkyl halides is 1. The summed E-state index contributed by atoms with van der Waals surface area (Å²) in [6.07, 6.45) is 2.27. The van der Waals surface area contributed by atoms with Crippen LogP contribution >= 0.6 is 15.9 Å². The molecule has 1 unspecified atom stereocenters. The first-order valence-electron chi connectivity index (χ1n) is 6.52. The van der Waals surface area contributed by atoms with E-state index in [0.717, 1.165) is 16.6 Å². The van der Waals surface area contributed by atoms with E-state index >= 15 is 0 Å². The highest BCUT2D eigenvalue weighted by Gasteiger charge is 2.31. The molecule has 1 aromatic carbocycles. The third-order valence-corrected chi connectivity index (χ3v) is 4.29. The Morgan fingerprint density at radius 1 is 1.25 bits per heavy atom. The SMILES string of the molecule is O=C1CC(CBr)CN1c1nccc(-c2ccccc2)n1. The Morgan fingerprint density at radius 2 is 2.05 bits per heavy atom. The van der Waals surface area contributed by atoms with Crippen molar-refractivity contribution in [2.24, 2.45) is 5.92 Å². The number of aromatic nitrogens is 2. The summed E-state index contributed by atoms with van der Waals surface area (Å²) >= 11 is 3.44. The molecule has 4 nitrogen and oxygen atoms in total. The monoisotopic (exact) mass is 331 g/mol. The number of benzene rings is 1. The molecule has 1 saturated heterocycles. The van der Waals surface area contributed by atoms with Crippen LogP contribution in [0.25, 0.3) is 11.3 Å².